The van der Waals surface area contributed by atoms with Crippen molar-refractivity contribution in [3.05, 3.63) is 71.8 Å². The van der Waals surface area contributed by atoms with Crippen LogP contribution in [0.5, 0.6) is 0 Å². The molecule has 0 amide bonds. The fourth-order valence-electron chi connectivity index (χ4n) is 2.84. The van der Waals surface area contributed by atoms with Crippen LogP contribution in [0.1, 0.15) is 56.8 Å². The SMILES string of the molecule is CCC(NC(CC(C)C)c1ccccc1)c1ccccc1. The molecule has 0 aromatic heterocycles. The zero-order chi connectivity index (χ0) is 15.1. The van der Waals surface area contributed by atoms with E-state index in [1.807, 2.05) is 0 Å². The first-order chi connectivity index (χ1) is 10.2. The highest BCUT2D eigenvalue weighted by molar-refractivity contribution is 5.22. The molecule has 0 aliphatic carbocycles. The second-order valence-electron chi connectivity index (χ2n) is 6.13. The van der Waals surface area contributed by atoms with Gasteiger partial charge in [0.2, 0.25) is 0 Å². The maximum absolute atomic E-state index is 3.87. The maximum Gasteiger partial charge on any atom is 0.0328 e. The Kier molecular flexibility index (Phi) is 6.01. The lowest BCUT2D eigenvalue weighted by molar-refractivity contribution is 0.376. The van der Waals surface area contributed by atoms with Crippen LogP contribution in [-0.2, 0) is 0 Å². The van der Waals surface area contributed by atoms with Gasteiger partial charge in [-0.25, -0.2) is 0 Å². The summed E-state index contributed by atoms with van der Waals surface area (Å²) < 4.78 is 0. The van der Waals surface area contributed by atoms with Gasteiger partial charge in [-0.2, -0.15) is 0 Å². The van der Waals surface area contributed by atoms with Crippen molar-refractivity contribution in [3.63, 3.8) is 0 Å². The molecule has 1 N–H and O–H groups in total. The van der Waals surface area contributed by atoms with Crippen molar-refractivity contribution in [2.45, 2.75) is 45.7 Å². The van der Waals surface area contributed by atoms with Gasteiger partial charge in [0, 0.05) is 12.1 Å². The summed E-state index contributed by atoms with van der Waals surface area (Å²) in [6.45, 7) is 6.84. The van der Waals surface area contributed by atoms with Gasteiger partial charge in [-0.3, -0.25) is 0 Å². The quantitative estimate of drug-likeness (QED) is 0.705. The Morgan fingerprint density at radius 1 is 0.762 bits per heavy atom. The molecule has 0 fully saturated rings. The second-order valence-corrected chi connectivity index (χ2v) is 6.13. The minimum absolute atomic E-state index is 0.412. The summed E-state index contributed by atoms with van der Waals surface area (Å²) in [4.78, 5) is 0. The summed E-state index contributed by atoms with van der Waals surface area (Å²) in [5, 5.41) is 3.87. The van der Waals surface area contributed by atoms with Crippen molar-refractivity contribution in [2.24, 2.45) is 5.92 Å². The van der Waals surface area contributed by atoms with Gasteiger partial charge in [0.05, 0.1) is 0 Å². The van der Waals surface area contributed by atoms with Crippen LogP contribution in [0.2, 0.25) is 0 Å². The van der Waals surface area contributed by atoms with Crippen LogP contribution in [0.3, 0.4) is 0 Å². The molecule has 0 aliphatic heterocycles. The first-order valence-electron chi connectivity index (χ1n) is 8.06. The Morgan fingerprint density at radius 2 is 1.24 bits per heavy atom. The average molecular weight is 281 g/mol. The molecule has 2 aromatic rings. The molecule has 2 rings (SSSR count). The maximum atomic E-state index is 3.87. The molecular formula is C20H27N. The second kappa shape index (κ2) is 7.99. The Hall–Kier alpha value is -1.60. The standard InChI is InChI=1S/C20H27N/c1-4-19(17-11-7-5-8-12-17)21-20(15-16(2)3)18-13-9-6-10-14-18/h5-14,16,19-21H,4,15H2,1-3H3. The third-order valence-corrected chi connectivity index (χ3v) is 3.92. The molecule has 0 radical (unpaired) electrons. The summed E-state index contributed by atoms with van der Waals surface area (Å²) in [6.07, 6.45) is 2.26. The van der Waals surface area contributed by atoms with Gasteiger partial charge in [0.1, 0.15) is 0 Å². The van der Waals surface area contributed by atoms with E-state index in [4.69, 9.17) is 0 Å². The third-order valence-electron chi connectivity index (χ3n) is 3.92. The Balaban J connectivity index is 2.17. The molecule has 2 atom stereocenters. The number of rotatable bonds is 7. The minimum Gasteiger partial charge on any atom is -0.303 e. The zero-order valence-electron chi connectivity index (χ0n) is 13.4. The van der Waals surface area contributed by atoms with Crippen LogP contribution in [-0.4, -0.2) is 0 Å². The lowest BCUT2D eigenvalue weighted by Gasteiger charge is -2.27. The Bertz CT molecular complexity index is 504. The van der Waals surface area contributed by atoms with Gasteiger partial charge < -0.3 is 5.32 Å². The van der Waals surface area contributed by atoms with Gasteiger partial charge in [0.15, 0.2) is 0 Å². The van der Waals surface area contributed by atoms with Crippen LogP contribution in [0.4, 0.5) is 0 Å². The van der Waals surface area contributed by atoms with E-state index in [-0.39, 0.29) is 0 Å². The fourth-order valence-corrected chi connectivity index (χ4v) is 2.84. The van der Waals surface area contributed by atoms with Crippen LogP contribution < -0.4 is 5.32 Å². The monoisotopic (exact) mass is 281 g/mol. The van der Waals surface area contributed by atoms with Crippen LogP contribution in [0, 0.1) is 5.92 Å². The van der Waals surface area contributed by atoms with Crippen molar-refractivity contribution in [3.8, 4) is 0 Å². The van der Waals surface area contributed by atoms with E-state index in [0.717, 1.165) is 12.8 Å². The minimum atomic E-state index is 0.412. The molecule has 0 saturated heterocycles. The molecule has 2 aromatic carbocycles. The summed E-state index contributed by atoms with van der Waals surface area (Å²) in [5.74, 6) is 0.677. The van der Waals surface area contributed by atoms with Crippen molar-refractivity contribution in [1.29, 1.82) is 0 Å². The summed E-state index contributed by atoms with van der Waals surface area (Å²) in [6, 6.07) is 22.4. The molecule has 0 spiro atoms. The molecule has 0 aliphatic rings. The Labute approximate surface area is 129 Å². The number of benzene rings is 2. The van der Waals surface area contributed by atoms with Gasteiger partial charge in [0.25, 0.3) is 0 Å². The van der Waals surface area contributed by atoms with Crippen LogP contribution >= 0.6 is 0 Å². The molecule has 1 nitrogen and oxygen atoms in total. The Morgan fingerprint density at radius 3 is 1.67 bits per heavy atom. The van der Waals surface area contributed by atoms with Crippen LogP contribution in [0.25, 0.3) is 0 Å². The third kappa shape index (κ3) is 4.71. The predicted octanol–water partition coefficient (Wildman–Crippen LogP) is 5.51. The number of nitrogens with one attached hydrogen (secondary N) is 1. The van der Waals surface area contributed by atoms with Gasteiger partial charge in [-0.1, -0.05) is 81.4 Å². The molecule has 0 bridgehead atoms. The molecule has 1 heteroatoms. The van der Waals surface area contributed by atoms with E-state index in [1.165, 1.54) is 11.1 Å². The summed E-state index contributed by atoms with van der Waals surface area (Å²) in [7, 11) is 0. The highest BCUT2D eigenvalue weighted by Gasteiger charge is 2.18. The number of hydrogen-bond acceptors (Lipinski definition) is 1. The zero-order valence-corrected chi connectivity index (χ0v) is 13.4. The highest BCUT2D eigenvalue weighted by Crippen LogP contribution is 2.26. The van der Waals surface area contributed by atoms with Gasteiger partial charge in [-0.15, -0.1) is 0 Å². The first kappa shape index (κ1) is 15.8. The molecular weight excluding hydrogens is 254 g/mol. The molecule has 0 heterocycles. The van der Waals surface area contributed by atoms with Crippen molar-refractivity contribution < 1.29 is 0 Å². The number of hydrogen-bond donors (Lipinski definition) is 1. The van der Waals surface area contributed by atoms with Gasteiger partial charge >= 0.3 is 0 Å². The normalized spacial score (nSPS) is 14.1. The van der Waals surface area contributed by atoms with Crippen molar-refractivity contribution in [1.82, 2.24) is 5.32 Å². The van der Waals surface area contributed by atoms with E-state index in [1.54, 1.807) is 0 Å². The topological polar surface area (TPSA) is 12.0 Å². The lowest BCUT2D eigenvalue weighted by Crippen LogP contribution is -2.27. The molecule has 0 saturated carbocycles. The largest absolute Gasteiger partial charge is 0.303 e. The van der Waals surface area contributed by atoms with E-state index in [0.29, 0.717) is 18.0 Å². The molecule has 21 heavy (non-hydrogen) atoms. The summed E-state index contributed by atoms with van der Waals surface area (Å²) in [5.41, 5.74) is 2.77. The lowest BCUT2D eigenvalue weighted by atomic mass is 9.94. The summed E-state index contributed by atoms with van der Waals surface area (Å²) >= 11 is 0. The fraction of sp³-hybridized carbons (Fsp3) is 0.400. The van der Waals surface area contributed by atoms with Crippen molar-refractivity contribution >= 4 is 0 Å². The highest BCUT2D eigenvalue weighted by atomic mass is 14.9. The molecule has 2 unspecified atom stereocenters. The molecule has 112 valence electrons. The van der Waals surface area contributed by atoms with E-state index < -0.39 is 0 Å². The van der Waals surface area contributed by atoms with E-state index in [2.05, 4.69) is 86.8 Å². The van der Waals surface area contributed by atoms with E-state index in [9.17, 15) is 0 Å². The van der Waals surface area contributed by atoms with Crippen LogP contribution in [0.15, 0.2) is 60.7 Å². The smallest absolute Gasteiger partial charge is 0.0328 e. The average Bonchev–Trinajstić information content (AvgIpc) is 2.52. The van der Waals surface area contributed by atoms with E-state index >= 15 is 0 Å². The first-order valence-corrected chi connectivity index (χ1v) is 8.06. The predicted molar refractivity (Wildman–Crippen MR) is 91.2 cm³/mol. The van der Waals surface area contributed by atoms with Crippen molar-refractivity contribution in [2.75, 3.05) is 0 Å². The van der Waals surface area contributed by atoms with Gasteiger partial charge in [-0.05, 0) is 29.9 Å².